The van der Waals surface area contributed by atoms with Gasteiger partial charge >= 0.3 is 6.03 Å². The van der Waals surface area contributed by atoms with Crippen LogP contribution in [0.15, 0.2) is 28.7 Å². The number of anilines is 2. The molecule has 8 heteroatoms. The number of halogens is 2. The lowest BCUT2D eigenvalue weighted by molar-refractivity contribution is 0.0933. The van der Waals surface area contributed by atoms with Gasteiger partial charge in [0.05, 0.1) is 15.7 Å². The van der Waals surface area contributed by atoms with E-state index in [0.29, 0.717) is 21.5 Å². The molecule has 0 spiro atoms. The van der Waals surface area contributed by atoms with E-state index in [-0.39, 0.29) is 16.9 Å². The number of amides is 3. The largest absolute Gasteiger partial charge is 0.453 e. The molecule has 0 aliphatic heterocycles. The van der Waals surface area contributed by atoms with Crippen molar-refractivity contribution < 1.29 is 14.0 Å². The Labute approximate surface area is 155 Å². The van der Waals surface area contributed by atoms with E-state index < -0.39 is 11.9 Å². The number of urea groups is 1. The molecule has 25 heavy (non-hydrogen) atoms. The SMILES string of the molecule is CNC(=O)c1oc(C(C)(C)C)cc1NC(=O)Nc1ccc(Cl)c(Cl)c1. The molecule has 6 nitrogen and oxygen atoms in total. The summed E-state index contributed by atoms with van der Waals surface area (Å²) in [6.07, 6.45) is 0. The summed E-state index contributed by atoms with van der Waals surface area (Å²) in [5.41, 5.74) is 0.429. The van der Waals surface area contributed by atoms with Crippen LogP contribution in [0.4, 0.5) is 16.2 Å². The zero-order valence-corrected chi connectivity index (χ0v) is 15.8. The number of hydrogen-bond donors (Lipinski definition) is 3. The van der Waals surface area contributed by atoms with Gasteiger partial charge in [0.15, 0.2) is 0 Å². The first kappa shape index (κ1) is 19.1. The molecule has 1 aromatic carbocycles. The third kappa shape index (κ3) is 4.67. The van der Waals surface area contributed by atoms with Crippen molar-refractivity contribution >= 4 is 46.5 Å². The number of carbonyl (C=O) groups excluding carboxylic acids is 2. The quantitative estimate of drug-likeness (QED) is 0.705. The molecule has 0 aliphatic carbocycles. The van der Waals surface area contributed by atoms with E-state index >= 15 is 0 Å². The Bertz CT molecular complexity index is 810. The Morgan fingerprint density at radius 2 is 1.72 bits per heavy atom. The summed E-state index contributed by atoms with van der Waals surface area (Å²) >= 11 is 11.8. The average molecular weight is 384 g/mol. The van der Waals surface area contributed by atoms with Gasteiger partial charge in [-0.05, 0) is 18.2 Å². The van der Waals surface area contributed by atoms with E-state index in [4.69, 9.17) is 27.6 Å². The molecule has 0 unspecified atom stereocenters. The van der Waals surface area contributed by atoms with Crippen LogP contribution in [0.5, 0.6) is 0 Å². The minimum Gasteiger partial charge on any atom is -0.453 e. The molecule has 0 radical (unpaired) electrons. The maximum absolute atomic E-state index is 12.2. The number of hydrogen-bond acceptors (Lipinski definition) is 3. The van der Waals surface area contributed by atoms with Crippen LogP contribution in [0.3, 0.4) is 0 Å². The minimum absolute atomic E-state index is 0.0386. The molecule has 0 saturated carbocycles. The number of benzene rings is 1. The van der Waals surface area contributed by atoms with E-state index in [0.717, 1.165) is 0 Å². The van der Waals surface area contributed by atoms with E-state index in [1.54, 1.807) is 18.2 Å². The van der Waals surface area contributed by atoms with Gasteiger partial charge in [-0.1, -0.05) is 44.0 Å². The van der Waals surface area contributed by atoms with Crippen LogP contribution in [0.25, 0.3) is 0 Å². The van der Waals surface area contributed by atoms with Crippen LogP contribution in [0.2, 0.25) is 10.0 Å². The standard InChI is InChI=1S/C17H19Cl2N3O3/c1-17(2,3)13-8-12(14(25-13)15(23)20-4)22-16(24)21-9-5-6-10(18)11(19)7-9/h5-8H,1-4H3,(H,20,23)(H2,21,22,24). The molecule has 0 atom stereocenters. The molecule has 1 heterocycles. The van der Waals surface area contributed by atoms with Gasteiger partial charge in [0.2, 0.25) is 5.76 Å². The van der Waals surface area contributed by atoms with Crippen molar-refractivity contribution in [2.75, 3.05) is 17.7 Å². The number of nitrogens with one attached hydrogen (secondary N) is 3. The van der Waals surface area contributed by atoms with E-state index in [1.807, 2.05) is 20.8 Å². The third-order valence-corrected chi connectivity index (χ3v) is 4.07. The first-order valence-corrected chi connectivity index (χ1v) is 8.27. The van der Waals surface area contributed by atoms with Crippen molar-refractivity contribution in [2.45, 2.75) is 26.2 Å². The van der Waals surface area contributed by atoms with Crippen LogP contribution in [0.1, 0.15) is 37.1 Å². The van der Waals surface area contributed by atoms with Gasteiger partial charge in [-0.15, -0.1) is 0 Å². The lowest BCUT2D eigenvalue weighted by atomic mass is 9.93. The first-order valence-electron chi connectivity index (χ1n) is 7.51. The summed E-state index contributed by atoms with van der Waals surface area (Å²) in [5, 5.41) is 8.44. The van der Waals surface area contributed by atoms with Crippen LogP contribution >= 0.6 is 23.2 Å². The molecular weight excluding hydrogens is 365 g/mol. The normalized spacial score (nSPS) is 11.1. The number of carbonyl (C=O) groups is 2. The van der Waals surface area contributed by atoms with Crippen LogP contribution in [0, 0.1) is 0 Å². The summed E-state index contributed by atoms with van der Waals surface area (Å²) in [4.78, 5) is 24.2. The fourth-order valence-electron chi connectivity index (χ4n) is 1.99. The molecule has 134 valence electrons. The number of rotatable bonds is 3. The molecule has 0 aliphatic rings. The molecule has 2 rings (SSSR count). The van der Waals surface area contributed by atoms with E-state index in [9.17, 15) is 9.59 Å². The Morgan fingerprint density at radius 1 is 1.04 bits per heavy atom. The van der Waals surface area contributed by atoms with Gasteiger partial charge in [0, 0.05) is 24.2 Å². The highest BCUT2D eigenvalue weighted by Gasteiger charge is 2.25. The minimum atomic E-state index is -0.537. The molecule has 1 aromatic heterocycles. The Morgan fingerprint density at radius 3 is 2.28 bits per heavy atom. The highest BCUT2D eigenvalue weighted by Crippen LogP contribution is 2.31. The molecular formula is C17H19Cl2N3O3. The van der Waals surface area contributed by atoms with Gasteiger partial charge in [-0.25, -0.2) is 4.79 Å². The topological polar surface area (TPSA) is 83.4 Å². The Balaban J connectivity index is 2.22. The highest BCUT2D eigenvalue weighted by molar-refractivity contribution is 6.42. The van der Waals surface area contributed by atoms with Gasteiger partial charge in [-0.2, -0.15) is 0 Å². The van der Waals surface area contributed by atoms with Gasteiger partial charge in [-0.3, -0.25) is 4.79 Å². The van der Waals surface area contributed by atoms with Gasteiger partial charge in [0.1, 0.15) is 5.76 Å². The zero-order valence-electron chi connectivity index (χ0n) is 14.3. The van der Waals surface area contributed by atoms with Crippen molar-refractivity contribution in [3.05, 3.63) is 45.8 Å². The van der Waals surface area contributed by atoms with Crippen LogP contribution < -0.4 is 16.0 Å². The van der Waals surface area contributed by atoms with Crippen molar-refractivity contribution in [1.82, 2.24) is 5.32 Å². The van der Waals surface area contributed by atoms with Crippen molar-refractivity contribution in [2.24, 2.45) is 0 Å². The van der Waals surface area contributed by atoms with Crippen molar-refractivity contribution in [3.8, 4) is 0 Å². The highest BCUT2D eigenvalue weighted by atomic mass is 35.5. The third-order valence-electron chi connectivity index (χ3n) is 3.33. The molecule has 2 aromatic rings. The Kier molecular flexibility index (Phi) is 5.65. The predicted molar refractivity (Wildman–Crippen MR) is 99.9 cm³/mol. The smallest absolute Gasteiger partial charge is 0.323 e. The monoisotopic (exact) mass is 383 g/mol. The lowest BCUT2D eigenvalue weighted by Crippen LogP contribution is -2.23. The molecule has 3 amide bonds. The predicted octanol–water partition coefficient (Wildman–Crippen LogP) is 4.89. The van der Waals surface area contributed by atoms with E-state index in [2.05, 4.69) is 16.0 Å². The second-order valence-corrected chi connectivity index (χ2v) is 7.20. The van der Waals surface area contributed by atoms with E-state index in [1.165, 1.54) is 13.1 Å². The average Bonchev–Trinajstić information content (AvgIpc) is 2.94. The molecule has 3 N–H and O–H groups in total. The number of furan rings is 1. The summed E-state index contributed by atoms with van der Waals surface area (Å²) < 4.78 is 5.62. The summed E-state index contributed by atoms with van der Waals surface area (Å²) in [5.74, 6) is 0.188. The molecule has 0 saturated heterocycles. The van der Waals surface area contributed by atoms with Gasteiger partial charge in [0.25, 0.3) is 5.91 Å². The summed E-state index contributed by atoms with van der Waals surface area (Å²) in [7, 11) is 1.49. The molecule has 0 fully saturated rings. The Hall–Kier alpha value is -2.18. The first-order chi connectivity index (χ1) is 11.6. The fraction of sp³-hybridized carbons (Fsp3) is 0.294. The zero-order chi connectivity index (χ0) is 18.8. The van der Waals surface area contributed by atoms with Gasteiger partial charge < -0.3 is 20.4 Å². The molecule has 0 bridgehead atoms. The second kappa shape index (κ2) is 7.37. The second-order valence-electron chi connectivity index (χ2n) is 6.39. The van der Waals surface area contributed by atoms with Crippen LogP contribution in [-0.4, -0.2) is 19.0 Å². The maximum Gasteiger partial charge on any atom is 0.323 e. The van der Waals surface area contributed by atoms with Crippen molar-refractivity contribution in [3.63, 3.8) is 0 Å². The van der Waals surface area contributed by atoms with Crippen LogP contribution in [-0.2, 0) is 5.41 Å². The maximum atomic E-state index is 12.2. The summed E-state index contributed by atoms with van der Waals surface area (Å²) in [6.45, 7) is 5.83. The fourth-order valence-corrected chi connectivity index (χ4v) is 2.29. The lowest BCUT2D eigenvalue weighted by Gasteiger charge is -2.13. The summed E-state index contributed by atoms with van der Waals surface area (Å²) in [6, 6.07) is 5.82. The van der Waals surface area contributed by atoms with Crippen molar-refractivity contribution in [1.29, 1.82) is 0 Å².